The summed E-state index contributed by atoms with van der Waals surface area (Å²) >= 11 is 1.61. The number of hydrogen-bond donors (Lipinski definition) is 3. The highest BCUT2D eigenvalue weighted by Gasteiger charge is 2.43. The molecule has 4 rings (SSSR count). The molecule has 3 amide bonds. The molecule has 0 bridgehead atoms. The number of benzene rings is 1. The van der Waals surface area contributed by atoms with Crippen LogP contribution in [0.3, 0.4) is 0 Å². The molecule has 1 atom stereocenters. The predicted molar refractivity (Wildman–Crippen MR) is 150 cm³/mol. The number of hydrogen-bond acceptors (Lipinski definition) is 5. The van der Waals surface area contributed by atoms with Gasteiger partial charge in [-0.3, -0.25) is 14.4 Å². The molecule has 2 aromatic rings. The lowest BCUT2D eigenvalue weighted by atomic mass is 9.72. The van der Waals surface area contributed by atoms with Crippen molar-refractivity contribution in [3.63, 3.8) is 0 Å². The van der Waals surface area contributed by atoms with Gasteiger partial charge in [0.05, 0.1) is 11.5 Å². The molecule has 2 aliphatic rings. The molecule has 0 spiro atoms. The summed E-state index contributed by atoms with van der Waals surface area (Å²) < 4.78 is 0. The molecule has 1 aliphatic heterocycles. The highest BCUT2D eigenvalue weighted by Crippen LogP contribution is 2.36. The molecule has 2 heterocycles. The fraction of sp³-hybridized carbons (Fsp3) is 0.536. The summed E-state index contributed by atoms with van der Waals surface area (Å²) in [4.78, 5) is 41.1. The smallest absolute Gasteiger partial charge is 0.248 e. The van der Waals surface area contributed by atoms with Gasteiger partial charge in [0.2, 0.25) is 17.7 Å². The molecule has 5 N–H and O–H groups in total. The van der Waals surface area contributed by atoms with Gasteiger partial charge in [0.25, 0.3) is 0 Å². The lowest BCUT2D eigenvalue weighted by Crippen LogP contribution is -2.54. The maximum Gasteiger partial charge on any atom is 0.248 e. The highest BCUT2D eigenvalue weighted by molar-refractivity contribution is 7.09. The van der Waals surface area contributed by atoms with Crippen molar-refractivity contribution in [3.05, 3.63) is 57.8 Å². The molecule has 0 radical (unpaired) electrons. The van der Waals surface area contributed by atoms with Crippen molar-refractivity contribution < 1.29 is 14.4 Å². The highest BCUT2D eigenvalue weighted by atomic mass is 35.5. The number of carbonyl (C=O) groups excluding carboxylic acids is 3. The number of rotatable bonds is 9. The third-order valence-electron chi connectivity index (χ3n) is 7.89. The van der Waals surface area contributed by atoms with Crippen LogP contribution in [-0.2, 0) is 22.4 Å². The molecule has 1 saturated carbocycles. The Bertz CT molecular complexity index is 1030. The number of nitrogens with zero attached hydrogens (tertiary/aromatic N) is 1. The fourth-order valence-electron chi connectivity index (χ4n) is 5.60. The Hall–Kier alpha value is -2.42. The Morgan fingerprint density at radius 2 is 1.73 bits per heavy atom. The zero-order valence-corrected chi connectivity index (χ0v) is 23.0. The fourth-order valence-corrected chi connectivity index (χ4v) is 6.36. The summed E-state index contributed by atoms with van der Waals surface area (Å²) in [6, 6.07) is 10.6. The summed E-state index contributed by atoms with van der Waals surface area (Å²) in [6.45, 7) is 1.73. The summed E-state index contributed by atoms with van der Waals surface area (Å²) in [5.74, 6) is 0.103. The van der Waals surface area contributed by atoms with Crippen LogP contribution in [0.25, 0.3) is 0 Å². The van der Waals surface area contributed by atoms with E-state index in [1.807, 2.05) is 34.5 Å². The largest absolute Gasteiger partial charge is 0.366 e. The van der Waals surface area contributed by atoms with Gasteiger partial charge in [-0.1, -0.05) is 37.5 Å². The van der Waals surface area contributed by atoms with Crippen LogP contribution in [0.15, 0.2) is 41.8 Å². The van der Waals surface area contributed by atoms with Gasteiger partial charge in [-0.05, 0) is 67.2 Å². The molecule has 9 heteroatoms. The van der Waals surface area contributed by atoms with E-state index in [1.165, 1.54) is 32.1 Å². The lowest BCUT2D eigenvalue weighted by Gasteiger charge is -2.42. The van der Waals surface area contributed by atoms with E-state index in [2.05, 4.69) is 5.32 Å². The Balaban J connectivity index is 0.00000380. The SMILES string of the molecule is Cl.NC(=O)c1ccc(CC2(C(=O)NCC3CCCCC3)CCN(C(=O)[C@@H](N)Cc3cccs3)CC2)cc1. The van der Waals surface area contributed by atoms with E-state index in [0.29, 0.717) is 50.3 Å². The van der Waals surface area contributed by atoms with Gasteiger partial charge in [-0.2, -0.15) is 0 Å². The van der Waals surface area contributed by atoms with E-state index in [4.69, 9.17) is 11.5 Å². The molecule has 1 aromatic heterocycles. The number of carbonyl (C=O) groups is 3. The Kier molecular flexibility index (Phi) is 10.6. The number of thiophene rings is 1. The predicted octanol–water partition coefficient (Wildman–Crippen LogP) is 3.69. The van der Waals surface area contributed by atoms with E-state index >= 15 is 0 Å². The monoisotopic (exact) mass is 546 g/mol. The Morgan fingerprint density at radius 1 is 1.05 bits per heavy atom. The van der Waals surface area contributed by atoms with Crippen LogP contribution in [0.2, 0.25) is 0 Å². The maximum absolute atomic E-state index is 13.7. The lowest BCUT2D eigenvalue weighted by molar-refractivity contribution is -0.141. The van der Waals surface area contributed by atoms with Crippen LogP contribution in [0.4, 0.5) is 0 Å². The first-order chi connectivity index (χ1) is 17.4. The topological polar surface area (TPSA) is 119 Å². The zero-order valence-electron chi connectivity index (χ0n) is 21.3. The van der Waals surface area contributed by atoms with Gasteiger partial charge in [-0.15, -0.1) is 23.7 Å². The normalized spacial score (nSPS) is 18.5. The second-order valence-corrected chi connectivity index (χ2v) is 11.5. The average molecular weight is 547 g/mol. The molecule has 1 saturated heterocycles. The Labute approximate surface area is 229 Å². The summed E-state index contributed by atoms with van der Waals surface area (Å²) in [7, 11) is 0. The van der Waals surface area contributed by atoms with Gasteiger partial charge < -0.3 is 21.7 Å². The average Bonchev–Trinajstić information content (AvgIpc) is 3.41. The molecular weight excluding hydrogens is 508 g/mol. The molecule has 7 nitrogen and oxygen atoms in total. The minimum absolute atomic E-state index is 0. The van der Waals surface area contributed by atoms with E-state index in [9.17, 15) is 14.4 Å². The molecule has 37 heavy (non-hydrogen) atoms. The van der Waals surface area contributed by atoms with Gasteiger partial charge in [0.1, 0.15) is 0 Å². The maximum atomic E-state index is 13.7. The molecule has 2 fully saturated rings. The third kappa shape index (κ3) is 7.55. The van der Waals surface area contributed by atoms with Crippen molar-refractivity contribution in [1.29, 1.82) is 0 Å². The standard InChI is InChI=1S/C28H38N4O3S.ClH/c29-24(17-23-7-4-16-36-23)26(34)32-14-12-28(13-15-32,18-20-8-10-22(11-9-20)25(30)33)27(35)31-19-21-5-2-1-3-6-21;/h4,7-11,16,21,24H,1-3,5-6,12-15,17-19,29H2,(H2,30,33)(H,31,35);1H/t24-;/m0./s1. The van der Waals surface area contributed by atoms with Crippen molar-refractivity contribution in [1.82, 2.24) is 10.2 Å². The number of likely N-dealkylation sites (tertiary alicyclic amines) is 1. The molecule has 0 unspecified atom stereocenters. The van der Waals surface area contributed by atoms with Gasteiger partial charge in [0, 0.05) is 36.5 Å². The van der Waals surface area contributed by atoms with Crippen LogP contribution < -0.4 is 16.8 Å². The van der Waals surface area contributed by atoms with Crippen LogP contribution in [0, 0.1) is 11.3 Å². The Morgan fingerprint density at radius 3 is 2.32 bits per heavy atom. The molecule has 202 valence electrons. The zero-order chi connectivity index (χ0) is 25.5. The first kappa shape index (κ1) is 29.1. The first-order valence-corrected chi connectivity index (χ1v) is 14.0. The van der Waals surface area contributed by atoms with E-state index in [1.54, 1.807) is 23.5 Å². The van der Waals surface area contributed by atoms with Crippen molar-refractivity contribution in [3.8, 4) is 0 Å². The van der Waals surface area contributed by atoms with Crippen LogP contribution >= 0.6 is 23.7 Å². The second kappa shape index (κ2) is 13.4. The van der Waals surface area contributed by atoms with Crippen LogP contribution in [0.1, 0.15) is 65.7 Å². The van der Waals surface area contributed by atoms with E-state index in [-0.39, 0.29) is 24.2 Å². The van der Waals surface area contributed by atoms with Gasteiger partial charge in [-0.25, -0.2) is 0 Å². The quantitative estimate of drug-likeness (QED) is 0.444. The van der Waals surface area contributed by atoms with E-state index < -0.39 is 17.4 Å². The van der Waals surface area contributed by atoms with E-state index in [0.717, 1.165) is 17.0 Å². The number of primary amides is 1. The first-order valence-electron chi connectivity index (χ1n) is 13.1. The number of nitrogens with two attached hydrogens (primary N) is 2. The number of nitrogens with one attached hydrogen (secondary N) is 1. The van der Waals surface area contributed by atoms with Crippen molar-refractivity contribution in [2.24, 2.45) is 22.8 Å². The summed E-state index contributed by atoms with van der Waals surface area (Å²) in [5.41, 5.74) is 12.5. The third-order valence-corrected chi connectivity index (χ3v) is 8.79. The van der Waals surface area contributed by atoms with Crippen molar-refractivity contribution in [2.75, 3.05) is 19.6 Å². The van der Waals surface area contributed by atoms with Gasteiger partial charge in [0.15, 0.2) is 0 Å². The molecule has 1 aromatic carbocycles. The minimum atomic E-state index is -0.600. The van der Waals surface area contributed by atoms with Gasteiger partial charge >= 0.3 is 0 Å². The van der Waals surface area contributed by atoms with Crippen molar-refractivity contribution in [2.45, 2.75) is 63.8 Å². The van der Waals surface area contributed by atoms with Crippen LogP contribution in [0.5, 0.6) is 0 Å². The van der Waals surface area contributed by atoms with Crippen LogP contribution in [-0.4, -0.2) is 48.3 Å². The summed E-state index contributed by atoms with van der Waals surface area (Å²) in [5, 5.41) is 5.26. The second-order valence-electron chi connectivity index (χ2n) is 10.4. The molecular formula is C28H39ClN4O3S. The minimum Gasteiger partial charge on any atom is -0.366 e. The summed E-state index contributed by atoms with van der Waals surface area (Å²) in [6.07, 6.45) is 8.36. The van der Waals surface area contributed by atoms with Crippen molar-refractivity contribution >= 4 is 41.5 Å². The number of amides is 3. The number of piperidine rings is 1. The number of halogens is 1. The molecule has 1 aliphatic carbocycles.